The maximum absolute atomic E-state index is 4.08. The van der Waals surface area contributed by atoms with Gasteiger partial charge in [0.05, 0.1) is 0 Å². The molecule has 15 heavy (non-hydrogen) atoms. The van der Waals surface area contributed by atoms with E-state index < -0.39 is 0 Å². The van der Waals surface area contributed by atoms with Gasteiger partial charge in [-0.05, 0) is 35.6 Å². The van der Waals surface area contributed by atoms with E-state index in [1.807, 2.05) is 6.07 Å². The van der Waals surface area contributed by atoms with E-state index in [1.165, 1.54) is 16.7 Å². The first-order valence-corrected chi connectivity index (χ1v) is 5.31. The third-order valence-corrected chi connectivity index (χ3v) is 2.69. The summed E-state index contributed by atoms with van der Waals surface area (Å²) in [5.74, 6) is 0. The van der Waals surface area contributed by atoms with Crippen molar-refractivity contribution >= 4 is 0 Å². The van der Waals surface area contributed by atoms with Gasteiger partial charge >= 0.3 is 0 Å². The van der Waals surface area contributed by atoms with Crippen molar-refractivity contribution in [3.63, 3.8) is 0 Å². The summed E-state index contributed by atoms with van der Waals surface area (Å²) in [5, 5.41) is 0. The zero-order valence-corrected chi connectivity index (χ0v) is 9.03. The molecule has 0 atom stereocenters. The molecular weight excluding hydrogens is 180 g/mol. The van der Waals surface area contributed by atoms with Crippen LogP contribution in [0.1, 0.15) is 18.1 Å². The molecule has 0 aromatic heterocycles. The van der Waals surface area contributed by atoms with E-state index in [0.29, 0.717) is 0 Å². The molecule has 0 aliphatic carbocycles. The fraction of sp³-hybridized carbons (Fsp3) is 0.133. The van der Waals surface area contributed by atoms with Crippen molar-refractivity contribution in [2.24, 2.45) is 0 Å². The molecule has 0 spiro atoms. The topological polar surface area (TPSA) is 0 Å². The summed E-state index contributed by atoms with van der Waals surface area (Å²) >= 11 is 0. The van der Waals surface area contributed by atoms with Gasteiger partial charge in [-0.25, -0.2) is 0 Å². The van der Waals surface area contributed by atoms with Gasteiger partial charge in [-0.1, -0.05) is 55.5 Å². The molecule has 2 rings (SSSR count). The Labute approximate surface area is 91.6 Å². The highest BCUT2D eigenvalue weighted by Gasteiger charge is 1.99. The van der Waals surface area contributed by atoms with Crippen molar-refractivity contribution in [1.82, 2.24) is 0 Å². The van der Waals surface area contributed by atoms with Crippen molar-refractivity contribution in [2.75, 3.05) is 0 Å². The Morgan fingerprint density at radius 3 is 2.27 bits per heavy atom. The lowest BCUT2D eigenvalue weighted by atomic mass is 9.99. The Morgan fingerprint density at radius 1 is 0.933 bits per heavy atom. The van der Waals surface area contributed by atoms with Crippen LogP contribution in [0.25, 0.3) is 11.1 Å². The second-order valence-electron chi connectivity index (χ2n) is 3.70. The molecule has 75 valence electrons. The van der Waals surface area contributed by atoms with E-state index in [2.05, 4.69) is 56.3 Å². The average Bonchev–Trinajstić information content (AvgIpc) is 2.30. The molecule has 2 aromatic carbocycles. The molecular formula is C15H15. The molecule has 1 radical (unpaired) electrons. The Kier molecular flexibility index (Phi) is 2.86. The van der Waals surface area contributed by atoms with Gasteiger partial charge in [0.25, 0.3) is 0 Å². The van der Waals surface area contributed by atoms with Crippen molar-refractivity contribution < 1.29 is 0 Å². The predicted octanol–water partition coefficient (Wildman–Crippen LogP) is 4.10. The summed E-state index contributed by atoms with van der Waals surface area (Å²) in [6.07, 6.45) is 1.05. The van der Waals surface area contributed by atoms with Crippen molar-refractivity contribution in [3.8, 4) is 11.1 Å². The molecule has 0 heterocycles. The number of benzene rings is 2. The number of aryl methyl sites for hydroxylation is 1. The monoisotopic (exact) mass is 195 g/mol. The van der Waals surface area contributed by atoms with Crippen molar-refractivity contribution in [2.45, 2.75) is 13.3 Å². The van der Waals surface area contributed by atoms with Gasteiger partial charge in [0.1, 0.15) is 0 Å². The standard InChI is InChI=1S/C15H15/c1-3-13-9-10-15(11-12(13)2)14-7-5-4-6-8-14/h4-11H,2-3H2,1H3. The third-order valence-electron chi connectivity index (χ3n) is 2.69. The van der Waals surface area contributed by atoms with Crippen LogP contribution in [0.15, 0.2) is 48.5 Å². The molecule has 0 amide bonds. The van der Waals surface area contributed by atoms with Gasteiger partial charge in [0.2, 0.25) is 0 Å². The zero-order valence-electron chi connectivity index (χ0n) is 9.03. The van der Waals surface area contributed by atoms with Gasteiger partial charge < -0.3 is 0 Å². The van der Waals surface area contributed by atoms with Crippen molar-refractivity contribution in [3.05, 3.63) is 66.6 Å². The minimum Gasteiger partial charge on any atom is -0.0622 e. The quantitative estimate of drug-likeness (QED) is 0.676. The first-order valence-electron chi connectivity index (χ1n) is 5.31. The normalized spacial score (nSPS) is 10.3. The van der Waals surface area contributed by atoms with Crippen LogP contribution < -0.4 is 0 Å². The number of hydrogen-bond acceptors (Lipinski definition) is 0. The van der Waals surface area contributed by atoms with Crippen LogP contribution in [0.5, 0.6) is 0 Å². The minimum absolute atomic E-state index is 1.05. The van der Waals surface area contributed by atoms with E-state index in [1.54, 1.807) is 0 Å². The lowest BCUT2D eigenvalue weighted by Crippen LogP contribution is -1.87. The van der Waals surface area contributed by atoms with E-state index >= 15 is 0 Å². The zero-order chi connectivity index (χ0) is 10.7. The molecule has 0 aliphatic rings. The van der Waals surface area contributed by atoms with E-state index in [0.717, 1.165) is 12.0 Å². The molecule has 0 nitrogen and oxygen atoms in total. The van der Waals surface area contributed by atoms with Gasteiger partial charge in [0, 0.05) is 0 Å². The fourth-order valence-corrected chi connectivity index (χ4v) is 1.78. The highest BCUT2D eigenvalue weighted by molar-refractivity contribution is 5.65. The highest BCUT2D eigenvalue weighted by atomic mass is 14.0. The lowest BCUT2D eigenvalue weighted by molar-refractivity contribution is 1.13. The summed E-state index contributed by atoms with van der Waals surface area (Å²) in [6, 6.07) is 16.9. The van der Waals surface area contributed by atoms with Crippen LogP contribution in [-0.2, 0) is 6.42 Å². The number of hydrogen-bond donors (Lipinski definition) is 0. The molecule has 2 aromatic rings. The fourth-order valence-electron chi connectivity index (χ4n) is 1.78. The maximum Gasteiger partial charge on any atom is -0.0181 e. The molecule has 0 saturated heterocycles. The lowest BCUT2D eigenvalue weighted by Gasteiger charge is -2.06. The van der Waals surface area contributed by atoms with Gasteiger partial charge in [-0.2, -0.15) is 0 Å². The summed E-state index contributed by atoms with van der Waals surface area (Å²) in [7, 11) is 0. The van der Waals surface area contributed by atoms with Gasteiger partial charge in [-0.15, -0.1) is 0 Å². The van der Waals surface area contributed by atoms with Crippen LogP contribution in [0.2, 0.25) is 0 Å². The predicted molar refractivity (Wildman–Crippen MR) is 65.7 cm³/mol. The summed E-state index contributed by atoms with van der Waals surface area (Å²) in [6.45, 7) is 6.24. The molecule has 0 N–H and O–H groups in total. The largest absolute Gasteiger partial charge is 0.0622 e. The molecule has 0 bridgehead atoms. The Hall–Kier alpha value is -1.56. The van der Waals surface area contributed by atoms with Crippen LogP contribution in [0.3, 0.4) is 0 Å². The van der Waals surface area contributed by atoms with Gasteiger partial charge in [0.15, 0.2) is 0 Å². The summed E-state index contributed by atoms with van der Waals surface area (Å²) in [4.78, 5) is 0. The SMILES string of the molecule is [CH2]c1cc(-c2ccccc2)ccc1CC. The highest BCUT2D eigenvalue weighted by Crippen LogP contribution is 2.22. The Morgan fingerprint density at radius 2 is 1.67 bits per heavy atom. The maximum atomic E-state index is 4.08. The smallest absolute Gasteiger partial charge is 0.0181 e. The molecule has 0 saturated carbocycles. The van der Waals surface area contributed by atoms with E-state index in [-0.39, 0.29) is 0 Å². The van der Waals surface area contributed by atoms with Crippen LogP contribution in [-0.4, -0.2) is 0 Å². The minimum atomic E-state index is 1.05. The summed E-state index contributed by atoms with van der Waals surface area (Å²) < 4.78 is 0. The molecule has 0 aliphatic heterocycles. The second-order valence-corrected chi connectivity index (χ2v) is 3.70. The molecule has 0 heteroatoms. The van der Waals surface area contributed by atoms with Crippen LogP contribution in [0.4, 0.5) is 0 Å². The third kappa shape index (κ3) is 2.10. The van der Waals surface area contributed by atoms with E-state index in [9.17, 15) is 0 Å². The van der Waals surface area contributed by atoms with Crippen LogP contribution in [0, 0.1) is 6.92 Å². The van der Waals surface area contributed by atoms with Crippen LogP contribution >= 0.6 is 0 Å². The molecule has 0 fully saturated rings. The van der Waals surface area contributed by atoms with Gasteiger partial charge in [-0.3, -0.25) is 0 Å². The van der Waals surface area contributed by atoms with E-state index in [4.69, 9.17) is 0 Å². The number of rotatable bonds is 2. The first kappa shape index (κ1) is 9.97. The first-order chi connectivity index (χ1) is 7.31. The summed E-state index contributed by atoms with van der Waals surface area (Å²) in [5.41, 5.74) is 4.97. The molecule has 0 unspecified atom stereocenters. The average molecular weight is 195 g/mol. The Balaban J connectivity index is 2.43. The Bertz CT molecular complexity index is 441. The van der Waals surface area contributed by atoms with Crippen molar-refractivity contribution in [1.29, 1.82) is 0 Å². The second kappa shape index (κ2) is 4.31.